The lowest BCUT2D eigenvalue weighted by Gasteiger charge is -2.23. The monoisotopic (exact) mass is 225 g/mol. The summed E-state index contributed by atoms with van der Waals surface area (Å²) in [6, 6.07) is 0. The maximum absolute atomic E-state index is 3.39. The van der Waals surface area contributed by atoms with E-state index in [1.807, 2.05) is 18.4 Å². The van der Waals surface area contributed by atoms with Crippen LogP contribution in [0.2, 0.25) is 0 Å². The molecular formula is C13H23NS. The van der Waals surface area contributed by atoms with Gasteiger partial charge < -0.3 is 5.32 Å². The largest absolute Gasteiger partial charge is 0.310 e. The van der Waals surface area contributed by atoms with E-state index in [9.17, 15) is 0 Å². The summed E-state index contributed by atoms with van der Waals surface area (Å²) in [4.78, 5) is 3.01. The van der Waals surface area contributed by atoms with E-state index in [1.54, 1.807) is 0 Å². The van der Waals surface area contributed by atoms with Gasteiger partial charge in [0.05, 0.1) is 0 Å². The van der Waals surface area contributed by atoms with Crippen LogP contribution in [0.5, 0.6) is 0 Å². The number of nitrogens with one attached hydrogen (secondary N) is 1. The summed E-state index contributed by atoms with van der Waals surface area (Å²) in [7, 11) is 2.03. The summed E-state index contributed by atoms with van der Waals surface area (Å²) in [6.45, 7) is 13.5. The molecule has 15 heavy (non-hydrogen) atoms. The van der Waals surface area contributed by atoms with Crippen LogP contribution >= 0.6 is 11.3 Å². The van der Waals surface area contributed by atoms with E-state index >= 15 is 0 Å². The van der Waals surface area contributed by atoms with Crippen molar-refractivity contribution in [1.29, 1.82) is 0 Å². The van der Waals surface area contributed by atoms with Gasteiger partial charge in [-0.25, -0.2) is 0 Å². The third-order valence-electron chi connectivity index (χ3n) is 3.20. The van der Waals surface area contributed by atoms with Gasteiger partial charge in [-0.3, -0.25) is 0 Å². The van der Waals surface area contributed by atoms with E-state index in [-0.39, 0.29) is 5.54 Å². The molecule has 2 heteroatoms. The third kappa shape index (κ3) is 2.26. The third-order valence-corrected chi connectivity index (χ3v) is 5.22. The van der Waals surface area contributed by atoms with E-state index in [4.69, 9.17) is 0 Å². The lowest BCUT2D eigenvalue weighted by molar-refractivity contribution is 0.451. The van der Waals surface area contributed by atoms with Crippen molar-refractivity contribution in [3.8, 4) is 0 Å². The van der Waals surface area contributed by atoms with Crippen LogP contribution in [0.1, 0.15) is 54.5 Å². The van der Waals surface area contributed by atoms with Gasteiger partial charge in [0.2, 0.25) is 0 Å². The second-order valence-electron chi connectivity index (χ2n) is 5.08. The van der Waals surface area contributed by atoms with Crippen LogP contribution in [0, 0.1) is 13.8 Å². The quantitative estimate of drug-likeness (QED) is 0.821. The van der Waals surface area contributed by atoms with Crippen molar-refractivity contribution < 1.29 is 0 Å². The second kappa shape index (κ2) is 4.26. The highest BCUT2D eigenvalue weighted by atomic mass is 32.1. The lowest BCUT2D eigenvalue weighted by atomic mass is 9.97. The Morgan fingerprint density at radius 2 is 1.67 bits per heavy atom. The van der Waals surface area contributed by atoms with Gasteiger partial charge in [-0.05, 0) is 51.8 Å². The molecule has 0 bridgehead atoms. The highest BCUT2D eigenvalue weighted by Crippen LogP contribution is 2.38. The van der Waals surface area contributed by atoms with Gasteiger partial charge in [0.25, 0.3) is 0 Å². The Kier molecular flexibility index (Phi) is 3.62. The fourth-order valence-corrected chi connectivity index (χ4v) is 3.30. The van der Waals surface area contributed by atoms with E-state index in [1.165, 1.54) is 20.9 Å². The molecule has 0 fully saturated rings. The fourth-order valence-electron chi connectivity index (χ4n) is 1.88. The molecule has 0 atom stereocenters. The molecule has 1 rings (SSSR count). The standard InChI is InChI=1S/C13H23NS/c1-8(2)11-9(3)10(4)12(15-11)13(5,6)14-7/h8,14H,1-7H3. The molecule has 0 radical (unpaired) electrons. The van der Waals surface area contributed by atoms with E-state index < -0.39 is 0 Å². The van der Waals surface area contributed by atoms with Crippen molar-refractivity contribution in [3.05, 3.63) is 20.9 Å². The molecule has 0 amide bonds. The number of hydrogen-bond acceptors (Lipinski definition) is 2. The van der Waals surface area contributed by atoms with Crippen LogP contribution in [0.4, 0.5) is 0 Å². The molecule has 0 unspecified atom stereocenters. The summed E-state index contributed by atoms with van der Waals surface area (Å²) in [5.74, 6) is 0.634. The molecule has 0 saturated carbocycles. The zero-order valence-corrected chi connectivity index (χ0v) is 11.8. The fraction of sp³-hybridized carbons (Fsp3) is 0.692. The maximum atomic E-state index is 3.39. The van der Waals surface area contributed by atoms with Crippen LogP contribution in [0.3, 0.4) is 0 Å². The Labute approximate surface area is 97.9 Å². The average Bonchev–Trinajstić information content (AvgIpc) is 2.45. The molecule has 0 aliphatic rings. The van der Waals surface area contributed by atoms with Gasteiger partial charge in [0.15, 0.2) is 0 Å². The van der Waals surface area contributed by atoms with Gasteiger partial charge in [0, 0.05) is 15.3 Å². The second-order valence-corrected chi connectivity index (χ2v) is 6.13. The highest BCUT2D eigenvalue weighted by molar-refractivity contribution is 7.12. The van der Waals surface area contributed by atoms with Crippen LogP contribution in [0.25, 0.3) is 0 Å². The van der Waals surface area contributed by atoms with Crippen LogP contribution in [0.15, 0.2) is 0 Å². The van der Waals surface area contributed by atoms with Gasteiger partial charge in [0.1, 0.15) is 0 Å². The zero-order chi connectivity index (χ0) is 11.8. The zero-order valence-electron chi connectivity index (χ0n) is 11.0. The van der Waals surface area contributed by atoms with Crippen molar-refractivity contribution in [2.75, 3.05) is 7.05 Å². The minimum absolute atomic E-state index is 0.0899. The van der Waals surface area contributed by atoms with Crippen molar-refractivity contribution in [2.24, 2.45) is 0 Å². The van der Waals surface area contributed by atoms with E-state index in [0.717, 1.165) is 0 Å². The molecule has 1 N–H and O–H groups in total. The summed E-state index contributed by atoms with van der Waals surface area (Å²) >= 11 is 1.96. The highest BCUT2D eigenvalue weighted by Gasteiger charge is 2.25. The molecule has 86 valence electrons. The molecule has 0 aliphatic heterocycles. The Balaban J connectivity index is 3.28. The molecule has 0 aromatic carbocycles. The first kappa shape index (κ1) is 12.7. The Bertz CT molecular complexity index is 348. The predicted molar refractivity (Wildman–Crippen MR) is 70.0 cm³/mol. The lowest BCUT2D eigenvalue weighted by Crippen LogP contribution is -2.32. The number of hydrogen-bond donors (Lipinski definition) is 1. The molecule has 1 aromatic rings. The van der Waals surface area contributed by atoms with Crippen molar-refractivity contribution in [3.63, 3.8) is 0 Å². The van der Waals surface area contributed by atoms with Gasteiger partial charge in [-0.15, -0.1) is 11.3 Å². The molecular weight excluding hydrogens is 202 g/mol. The van der Waals surface area contributed by atoms with Crippen molar-refractivity contribution in [2.45, 2.75) is 53.0 Å². The summed E-state index contributed by atoms with van der Waals surface area (Å²) < 4.78 is 0. The Hall–Kier alpha value is -0.340. The first-order valence-corrected chi connectivity index (χ1v) is 6.42. The normalized spacial score (nSPS) is 12.5. The molecule has 1 aromatic heterocycles. The molecule has 0 aliphatic carbocycles. The molecule has 0 saturated heterocycles. The number of rotatable bonds is 3. The van der Waals surface area contributed by atoms with Crippen LogP contribution in [-0.2, 0) is 5.54 Å². The Morgan fingerprint density at radius 1 is 1.13 bits per heavy atom. The van der Waals surface area contributed by atoms with Gasteiger partial charge in [-0.1, -0.05) is 13.8 Å². The van der Waals surface area contributed by atoms with Crippen molar-refractivity contribution in [1.82, 2.24) is 5.32 Å². The maximum Gasteiger partial charge on any atom is 0.0472 e. The van der Waals surface area contributed by atoms with E-state index in [2.05, 4.69) is 46.9 Å². The first-order chi connectivity index (χ1) is 6.81. The topological polar surface area (TPSA) is 12.0 Å². The molecule has 1 heterocycles. The predicted octanol–water partition coefficient (Wildman–Crippen LogP) is 3.94. The van der Waals surface area contributed by atoms with Crippen LogP contribution in [-0.4, -0.2) is 7.05 Å². The summed E-state index contributed by atoms with van der Waals surface area (Å²) in [6.07, 6.45) is 0. The minimum atomic E-state index is 0.0899. The average molecular weight is 225 g/mol. The SMILES string of the molecule is CNC(C)(C)c1sc(C(C)C)c(C)c1C. The molecule has 1 nitrogen and oxygen atoms in total. The van der Waals surface area contributed by atoms with Crippen LogP contribution < -0.4 is 5.32 Å². The van der Waals surface area contributed by atoms with E-state index in [0.29, 0.717) is 5.92 Å². The minimum Gasteiger partial charge on any atom is -0.310 e. The Morgan fingerprint density at radius 3 is 2.00 bits per heavy atom. The first-order valence-electron chi connectivity index (χ1n) is 5.60. The van der Waals surface area contributed by atoms with Crippen molar-refractivity contribution >= 4 is 11.3 Å². The van der Waals surface area contributed by atoms with Gasteiger partial charge >= 0.3 is 0 Å². The van der Waals surface area contributed by atoms with Gasteiger partial charge in [-0.2, -0.15) is 0 Å². The number of thiophene rings is 1. The summed E-state index contributed by atoms with van der Waals surface area (Å²) in [5, 5.41) is 3.39. The smallest absolute Gasteiger partial charge is 0.0472 e. The molecule has 0 spiro atoms. The summed E-state index contributed by atoms with van der Waals surface area (Å²) in [5.41, 5.74) is 3.03.